The number of methoxy groups -OCH3 is 1. The fourth-order valence-electron chi connectivity index (χ4n) is 1.38. The Kier molecular flexibility index (Phi) is 3.82. The monoisotopic (exact) mass is 241 g/mol. The number of isocyanates is 1. The summed E-state index contributed by atoms with van der Waals surface area (Å²) in [6.45, 7) is -0.0247. The number of ether oxygens (including phenoxy) is 1. The summed E-state index contributed by atoms with van der Waals surface area (Å²) in [7, 11) is -2.04. The van der Waals surface area contributed by atoms with Gasteiger partial charge in [0.1, 0.15) is 10.6 Å². The first-order valence-electron chi connectivity index (χ1n) is 4.40. The highest BCUT2D eigenvalue weighted by molar-refractivity contribution is 7.90. The van der Waals surface area contributed by atoms with Crippen LogP contribution in [0.5, 0.6) is 5.75 Å². The van der Waals surface area contributed by atoms with Gasteiger partial charge in [0.25, 0.3) is 0 Å². The first-order valence-corrected chi connectivity index (χ1v) is 6.29. The van der Waals surface area contributed by atoms with Crippen LogP contribution >= 0.6 is 0 Å². The van der Waals surface area contributed by atoms with Gasteiger partial charge in [-0.25, -0.2) is 18.2 Å². The van der Waals surface area contributed by atoms with Gasteiger partial charge in [0.15, 0.2) is 9.84 Å². The molecule has 0 aliphatic carbocycles. The van der Waals surface area contributed by atoms with Gasteiger partial charge in [-0.1, -0.05) is 12.1 Å². The van der Waals surface area contributed by atoms with E-state index < -0.39 is 9.84 Å². The van der Waals surface area contributed by atoms with Gasteiger partial charge in [-0.2, -0.15) is 0 Å². The summed E-state index contributed by atoms with van der Waals surface area (Å²) >= 11 is 0. The zero-order chi connectivity index (χ0) is 12.2. The average Bonchev–Trinajstić information content (AvgIpc) is 2.24. The second-order valence-electron chi connectivity index (χ2n) is 3.13. The second kappa shape index (κ2) is 4.92. The van der Waals surface area contributed by atoms with Gasteiger partial charge in [-0.05, 0) is 11.6 Å². The van der Waals surface area contributed by atoms with Crippen molar-refractivity contribution in [3.63, 3.8) is 0 Å². The van der Waals surface area contributed by atoms with Crippen LogP contribution in [0, 0.1) is 0 Å². The number of aliphatic imine (C=N–C) groups is 1. The molecule has 0 amide bonds. The lowest BCUT2D eigenvalue weighted by atomic mass is 10.2. The molecule has 0 atom stereocenters. The highest BCUT2D eigenvalue weighted by Gasteiger charge is 2.18. The third kappa shape index (κ3) is 2.68. The van der Waals surface area contributed by atoms with Crippen molar-refractivity contribution >= 4 is 15.9 Å². The summed E-state index contributed by atoms with van der Waals surface area (Å²) in [6.07, 6.45) is 2.45. The number of hydrogen-bond acceptors (Lipinski definition) is 5. The fraction of sp³-hybridized carbons (Fsp3) is 0.300. The van der Waals surface area contributed by atoms with Crippen molar-refractivity contribution in [2.24, 2.45) is 4.99 Å². The van der Waals surface area contributed by atoms with E-state index in [1.807, 2.05) is 0 Å². The van der Waals surface area contributed by atoms with Gasteiger partial charge < -0.3 is 4.74 Å². The van der Waals surface area contributed by atoms with Crippen LogP contribution in [0.15, 0.2) is 28.1 Å². The van der Waals surface area contributed by atoms with E-state index in [1.165, 1.54) is 13.2 Å². The topological polar surface area (TPSA) is 72.8 Å². The van der Waals surface area contributed by atoms with Crippen LogP contribution in [0.2, 0.25) is 0 Å². The summed E-state index contributed by atoms with van der Waals surface area (Å²) in [6, 6.07) is 4.77. The molecule has 0 fully saturated rings. The molecule has 6 heteroatoms. The van der Waals surface area contributed by atoms with E-state index in [2.05, 4.69) is 4.99 Å². The maximum atomic E-state index is 11.6. The van der Waals surface area contributed by atoms with Crippen LogP contribution in [0.3, 0.4) is 0 Å². The summed E-state index contributed by atoms with van der Waals surface area (Å²) in [5.41, 5.74) is 0.421. The Hall–Kier alpha value is -1.65. The lowest BCUT2D eigenvalue weighted by Crippen LogP contribution is -2.05. The molecule has 0 N–H and O–H groups in total. The highest BCUT2D eigenvalue weighted by Crippen LogP contribution is 2.27. The number of sulfone groups is 1. The molecule has 0 aliphatic rings. The lowest BCUT2D eigenvalue weighted by molar-refractivity contribution is 0.401. The van der Waals surface area contributed by atoms with Crippen molar-refractivity contribution < 1.29 is 17.9 Å². The Balaban J connectivity index is 3.43. The van der Waals surface area contributed by atoms with Crippen LogP contribution < -0.4 is 4.74 Å². The molecule has 16 heavy (non-hydrogen) atoms. The largest absolute Gasteiger partial charge is 0.495 e. The third-order valence-corrected chi connectivity index (χ3v) is 3.17. The molecule has 1 aromatic carbocycles. The van der Waals surface area contributed by atoms with Crippen LogP contribution in [-0.2, 0) is 21.2 Å². The van der Waals surface area contributed by atoms with Crippen LogP contribution in [0.25, 0.3) is 0 Å². The molecule has 1 rings (SSSR count). The van der Waals surface area contributed by atoms with E-state index in [1.54, 1.807) is 18.2 Å². The van der Waals surface area contributed by atoms with Gasteiger partial charge >= 0.3 is 0 Å². The molecule has 0 aliphatic heterocycles. The summed E-state index contributed by atoms with van der Waals surface area (Å²) in [5, 5.41) is 0. The summed E-state index contributed by atoms with van der Waals surface area (Å²) in [4.78, 5) is 13.5. The van der Waals surface area contributed by atoms with Gasteiger partial charge in [0, 0.05) is 6.26 Å². The number of benzene rings is 1. The third-order valence-electron chi connectivity index (χ3n) is 1.97. The van der Waals surface area contributed by atoms with E-state index >= 15 is 0 Å². The van der Waals surface area contributed by atoms with Gasteiger partial charge in [-0.15, -0.1) is 0 Å². The van der Waals surface area contributed by atoms with Gasteiger partial charge in [-0.3, -0.25) is 0 Å². The van der Waals surface area contributed by atoms with Crippen molar-refractivity contribution in [3.05, 3.63) is 23.8 Å². The van der Waals surface area contributed by atoms with E-state index in [0.29, 0.717) is 5.56 Å². The predicted octanol–water partition coefficient (Wildman–Crippen LogP) is 0.934. The predicted molar refractivity (Wildman–Crippen MR) is 57.9 cm³/mol. The van der Waals surface area contributed by atoms with Crippen molar-refractivity contribution in [2.45, 2.75) is 11.4 Å². The van der Waals surface area contributed by atoms with Gasteiger partial charge in [0.05, 0.1) is 13.7 Å². The maximum Gasteiger partial charge on any atom is 0.235 e. The van der Waals surface area contributed by atoms with Crippen LogP contribution in [0.1, 0.15) is 5.56 Å². The molecule has 0 bridgehead atoms. The molecule has 0 unspecified atom stereocenters. The van der Waals surface area contributed by atoms with Crippen LogP contribution in [-0.4, -0.2) is 27.9 Å². The Morgan fingerprint density at radius 3 is 2.62 bits per heavy atom. The number of rotatable bonds is 4. The zero-order valence-corrected chi connectivity index (χ0v) is 9.74. The van der Waals surface area contributed by atoms with Crippen molar-refractivity contribution in [1.82, 2.24) is 0 Å². The molecule has 0 aromatic heterocycles. The van der Waals surface area contributed by atoms with Crippen molar-refractivity contribution in [1.29, 1.82) is 0 Å². The van der Waals surface area contributed by atoms with E-state index in [-0.39, 0.29) is 17.2 Å². The SMILES string of the molecule is COc1cccc(CN=C=O)c1S(C)(=O)=O. The van der Waals surface area contributed by atoms with E-state index in [0.717, 1.165) is 6.26 Å². The van der Waals surface area contributed by atoms with Crippen LogP contribution in [0.4, 0.5) is 0 Å². The standard InChI is InChI=1S/C10H11NO4S/c1-15-9-5-3-4-8(6-11-7-12)10(9)16(2,13)14/h3-5H,6H2,1-2H3. The summed E-state index contributed by atoms with van der Waals surface area (Å²) in [5.74, 6) is 0.251. The molecule has 0 spiro atoms. The molecule has 0 heterocycles. The van der Waals surface area contributed by atoms with E-state index in [9.17, 15) is 13.2 Å². The first kappa shape index (κ1) is 12.4. The number of nitrogens with zero attached hydrogens (tertiary/aromatic N) is 1. The minimum atomic E-state index is -3.42. The molecular formula is C10H11NO4S. The minimum Gasteiger partial charge on any atom is -0.495 e. The zero-order valence-electron chi connectivity index (χ0n) is 8.93. The summed E-state index contributed by atoms with van der Waals surface area (Å²) < 4.78 is 28.1. The first-order chi connectivity index (χ1) is 7.50. The number of carbonyl (C=O) groups excluding carboxylic acids is 1. The quantitative estimate of drug-likeness (QED) is 0.580. The highest BCUT2D eigenvalue weighted by atomic mass is 32.2. The van der Waals surface area contributed by atoms with Gasteiger partial charge in [0.2, 0.25) is 6.08 Å². The van der Waals surface area contributed by atoms with E-state index in [4.69, 9.17) is 4.74 Å². The second-order valence-corrected chi connectivity index (χ2v) is 5.08. The Morgan fingerprint density at radius 2 is 2.12 bits per heavy atom. The lowest BCUT2D eigenvalue weighted by Gasteiger charge is -2.10. The molecular weight excluding hydrogens is 230 g/mol. The van der Waals surface area contributed by atoms with Crippen molar-refractivity contribution in [3.8, 4) is 5.75 Å². The Labute approximate surface area is 93.7 Å². The Morgan fingerprint density at radius 1 is 1.44 bits per heavy atom. The smallest absolute Gasteiger partial charge is 0.235 e. The van der Waals surface area contributed by atoms with Crippen molar-refractivity contribution in [2.75, 3.05) is 13.4 Å². The Bertz CT molecular complexity index is 530. The minimum absolute atomic E-state index is 0.0247. The molecule has 0 radical (unpaired) electrons. The number of hydrogen-bond donors (Lipinski definition) is 0. The molecule has 5 nitrogen and oxygen atoms in total. The average molecular weight is 241 g/mol. The molecule has 0 saturated carbocycles. The molecule has 86 valence electrons. The molecule has 1 aromatic rings. The maximum absolute atomic E-state index is 11.6. The fourth-order valence-corrected chi connectivity index (χ4v) is 2.51. The molecule has 0 saturated heterocycles. The normalized spacial score (nSPS) is 10.6.